The highest BCUT2D eigenvalue weighted by Gasteiger charge is 2.22. The number of hydrogen-bond donors (Lipinski definition) is 0. The fraction of sp³-hybridized carbons (Fsp3) is 0.333. The minimum atomic E-state index is -0.337. The molecule has 2 aromatic carbocycles. The van der Waals surface area contributed by atoms with Gasteiger partial charge in [-0.15, -0.1) is 0 Å². The number of morpholine rings is 1. The molecule has 1 saturated heterocycles. The van der Waals surface area contributed by atoms with Crippen molar-refractivity contribution in [2.45, 2.75) is 6.54 Å². The molecule has 29 heavy (non-hydrogen) atoms. The van der Waals surface area contributed by atoms with E-state index in [1.807, 2.05) is 4.90 Å². The standard InChI is InChI=1S/C21H20FN3O4/c22-15-3-1-2-14(10-15)13-25-17-12-19-18(28-8-9-29-19)11-16(17)23-20(21(25)26)24-4-6-27-7-5-24/h1-3,10-12H,4-9,13H2. The van der Waals surface area contributed by atoms with Gasteiger partial charge in [-0.3, -0.25) is 9.36 Å². The Kier molecular flexibility index (Phi) is 4.55. The number of anilines is 1. The molecule has 8 heteroatoms. The molecule has 150 valence electrons. The summed E-state index contributed by atoms with van der Waals surface area (Å²) in [5.74, 6) is 1.22. The smallest absolute Gasteiger partial charge is 0.294 e. The third-order valence-corrected chi connectivity index (χ3v) is 5.13. The van der Waals surface area contributed by atoms with Crippen LogP contribution in [0.1, 0.15) is 5.56 Å². The predicted molar refractivity (Wildman–Crippen MR) is 106 cm³/mol. The molecule has 0 unspecified atom stereocenters. The van der Waals surface area contributed by atoms with Crippen molar-refractivity contribution in [3.63, 3.8) is 0 Å². The second-order valence-electron chi connectivity index (χ2n) is 7.04. The van der Waals surface area contributed by atoms with E-state index in [0.29, 0.717) is 73.4 Å². The van der Waals surface area contributed by atoms with Gasteiger partial charge in [0.05, 0.1) is 30.8 Å². The van der Waals surface area contributed by atoms with Crippen molar-refractivity contribution in [1.29, 1.82) is 0 Å². The lowest BCUT2D eigenvalue weighted by Crippen LogP contribution is -2.41. The van der Waals surface area contributed by atoms with E-state index >= 15 is 0 Å². The van der Waals surface area contributed by atoms with Gasteiger partial charge in [-0.05, 0) is 17.7 Å². The lowest BCUT2D eigenvalue weighted by molar-refractivity contribution is 0.122. The summed E-state index contributed by atoms with van der Waals surface area (Å²) in [5, 5.41) is 0. The summed E-state index contributed by atoms with van der Waals surface area (Å²) in [7, 11) is 0. The molecule has 0 spiro atoms. The molecule has 3 heterocycles. The average molecular weight is 397 g/mol. The van der Waals surface area contributed by atoms with Crippen molar-refractivity contribution in [2.24, 2.45) is 0 Å². The van der Waals surface area contributed by atoms with Gasteiger partial charge in [0.1, 0.15) is 19.0 Å². The molecular weight excluding hydrogens is 377 g/mol. The third-order valence-electron chi connectivity index (χ3n) is 5.13. The quantitative estimate of drug-likeness (QED) is 0.675. The fourth-order valence-corrected chi connectivity index (χ4v) is 3.72. The van der Waals surface area contributed by atoms with Crippen LogP contribution < -0.4 is 19.9 Å². The summed E-state index contributed by atoms with van der Waals surface area (Å²) >= 11 is 0. The maximum atomic E-state index is 13.7. The zero-order valence-corrected chi connectivity index (χ0v) is 15.8. The van der Waals surface area contributed by atoms with Crippen LogP contribution in [-0.2, 0) is 11.3 Å². The molecule has 0 atom stereocenters. The Bertz CT molecular complexity index is 1120. The molecule has 1 fully saturated rings. The highest BCUT2D eigenvalue weighted by molar-refractivity contribution is 5.81. The van der Waals surface area contributed by atoms with Crippen LogP contribution in [0, 0.1) is 5.82 Å². The molecule has 2 aliphatic heterocycles. The van der Waals surface area contributed by atoms with Gasteiger partial charge in [0.25, 0.3) is 5.56 Å². The summed E-state index contributed by atoms with van der Waals surface area (Å²) in [4.78, 5) is 20.0. The van der Waals surface area contributed by atoms with Gasteiger partial charge < -0.3 is 19.1 Å². The van der Waals surface area contributed by atoms with Crippen molar-refractivity contribution in [3.05, 3.63) is 58.1 Å². The average Bonchev–Trinajstić information content (AvgIpc) is 2.75. The van der Waals surface area contributed by atoms with Crippen LogP contribution in [0.2, 0.25) is 0 Å². The first kappa shape index (κ1) is 17.9. The van der Waals surface area contributed by atoms with Crippen LogP contribution in [0.5, 0.6) is 11.5 Å². The molecule has 1 aromatic heterocycles. The van der Waals surface area contributed by atoms with Crippen LogP contribution in [0.3, 0.4) is 0 Å². The monoisotopic (exact) mass is 397 g/mol. The summed E-state index contributed by atoms with van der Waals surface area (Å²) in [6.07, 6.45) is 0. The number of ether oxygens (including phenoxy) is 3. The molecular formula is C21H20FN3O4. The van der Waals surface area contributed by atoms with Gasteiger partial charge in [0, 0.05) is 25.2 Å². The van der Waals surface area contributed by atoms with Gasteiger partial charge >= 0.3 is 0 Å². The normalized spacial score (nSPS) is 16.2. The van der Waals surface area contributed by atoms with Crippen molar-refractivity contribution in [2.75, 3.05) is 44.4 Å². The third kappa shape index (κ3) is 3.40. The number of fused-ring (bicyclic) bond motifs is 2. The first-order chi connectivity index (χ1) is 14.2. The lowest BCUT2D eigenvalue weighted by Gasteiger charge is -2.28. The van der Waals surface area contributed by atoms with Crippen LogP contribution in [-0.4, -0.2) is 49.1 Å². The van der Waals surface area contributed by atoms with Gasteiger partial charge in [-0.2, -0.15) is 0 Å². The van der Waals surface area contributed by atoms with E-state index in [1.54, 1.807) is 28.8 Å². The highest BCUT2D eigenvalue weighted by Crippen LogP contribution is 2.34. The Morgan fingerprint density at radius 3 is 2.52 bits per heavy atom. The number of rotatable bonds is 3. The molecule has 5 rings (SSSR count). The van der Waals surface area contributed by atoms with E-state index in [4.69, 9.17) is 14.2 Å². The fourth-order valence-electron chi connectivity index (χ4n) is 3.72. The second-order valence-corrected chi connectivity index (χ2v) is 7.04. The molecule has 0 bridgehead atoms. The summed E-state index contributed by atoms with van der Waals surface area (Å²) in [6.45, 7) is 3.43. The zero-order chi connectivity index (χ0) is 19.8. The van der Waals surface area contributed by atoms with Gasteiger partial charge in [0.2, 0.25) is 0 Å². The Balaban J connectivity index is 1.70. The summed E-state index contributed by atoms with van der Waals surface area (Å²) in [5.41, 5.74) is 1.73. The zero-order valence-electron chi connectivity index (χ0n) is 15.8. The highest BCUT2D eigenvalue weighted by atomic mass is 19.1. The number of hydrogen-bond acceptors (Lipinski definition) is 6. The molecule has 0 aliphatic carbocycles. The van der Waals surface area contributed by atoms with E-state index in [0.717, 1.165) is 0 Å². The Labute approximate surface area is 166 Å². The Hall–Kier alpha value is -3.13. The first-order valence-electron chi connectivity index (χ1n) is 9.60. The predicted octanol–water partition coefficient (Wildman–Crippen LogP) is 2.19. The van der Waals surface area contributed by atoms with Gasteiger partial charge in [0.15, 0.2) is 17.3 Å². The minimum absolute atomic E-state index is 0.222. The van der Waals surface area contributed by atoms with Gasteiger partial charge in [-0.25, -0.2) is 9.37 Å². The van der Waals surface area contributed by atoms with E-state index in [2.05, 4.69) is 4.98 Å². The molecule has 0 radical (unpaired) electrons. The number of nitrogens with zero attached hydrogens (tertiary/aromatic N) is 3. The molecule has 0 saturated carbocycles. The number of benzene rings is 2. The molecule has 7 nitrogen and oxygen atoms in total. The van der Waals surface area contributed by atoms with E-state index < -0.39 is 0 Å². The number of halogens is 1. The van der Waals surface area contributed by atoms with Crippen molar-refractivity contribution in [1.82, 2.24) is 9.55 Å². The Morgan fingerprint density at radius 2 is 1.76 bits per heavy atom. The van der Waals surface area contributed by atoms with E-state index in [9.17, 15) is 9.18 Å². The van der Waals surface area contributed by atoms with Crippen LogP contribution >= 0.6 is 0 Å². The van der Waals surface area contributed by atoms with E-state index in [-0.39, 0.29) is 17.9 Å². The van der Waals surface area contributed by atoms with Gasteiger partial charge in [-0.1, -0.05) is 12.1 Å². The SMILES string of the molecule is O=c1c(N2CCOCC2)nc2cc3c(cc2n1Cc1cccc(F)c1)OCCO3. The topological polar surface area (TPSA) is 65.8 Å². The molecule has 2 aliphatic rings. The van der Waals surface area contributed by atoms with Crippen molar-refractivity contribution >= 4 is 16.9 Å². The second kappa shape index (κ2) is 7.36. The summed E-state index contributed by atoms with van der Waals surface area (Å²) in [6, 6.07) is 9.84. The van der Waals surface area contributed by atoms with Crippen molar-refractivity contribution < 1.29 is 18.6 Å². The minimum Gasteiger partial charge on any atom is -0.486 e. The van der Waals surface area contributed by atoms with Crippen LogP contribution in [0.25, 0.3) is 11.0 Å². The molecule has 0 N–H and O–H groups in total. The van der Waals surface area contributed by atoms with E-state index in [1.165, 1.54) is 12.1 Å². The molecule has 0 amide bonds. The maximum absolute atomic E-state index is 13.7. The summed E-state index contributed by atoms with van der Waals surface area (Å²) < 4.78 is 32.1. The molecule has 3 aromatic rings. The van der Waals surface area contributed by atoms with Crippen molar-refractivity contribution in [3.8, 4) is 11.5 Å². The van der Waals surface area contributed by atoms with Crippen LogP contribution in [0.15, 0.2) is 41.2 Å². The largest absolute Gasteiger partial charge is 0.486 e. The van der Waals surface area contributed by atoms with Crippen LogP contribution in [0.4, 0.5) is 10.2 Å². The maximum Gasteiger partial charge on any atom is 0.294 e. The number of aromatic nitrogens is 2. The Morgan fingerprint density at radius 1 is 1.00 bits per heavy atom. The lowest BCUT2D eigenvalue weighted by atomic mass is 10.2. The first-order valence-corrected chi connectivity index (χ1v) is 9.60.